The van der Waals surface area contributed by atoms with Crippen molar-refractivity contribution < 1.29 is 27.8 Å². The van der Waals surface area contributed by atoms with E-state index in [9.17, 15) is 23.1 Å². The van der Waals surface area contributed by atoms with Gasteiger partial charge in [-0.15, -0.1) is 0 Å². The van der Waals surface area contributed by atoms with Crippen molar-refractivity contribution in [2.45, 2.75) is 76.2 Å². The molecule has 0 radical (unpaired) electrons. The Hall–Kier alpha value is -3.33. The van der Waals surface area contributed by atoms with Crippen LogP contribution in [0.15, 0.2) is 48.7 Å². The number of rotatable bonds is 7. The molecule has 0 spiro atoms. The lowest BCUT2D eigenvalue weighted by molar-refractivity contribution is -0.140. The standard InChI is InChI=1S/C29H32F3N3O3/c1-28(16-26(36)37)27-34-24(17-35(27)14-13-33-28)22-11-12-25(23(15-22)29(30,31)32)38-18-19-7-9-21(10-8-19)20-5-3-2-4-6-20/h7-12,15,17,20,33H,2-6,13-14,16,18H2,1H3,(H,36,37)/t28-/m0/s1. The first-order valence-corrected chi connectivity index (χ1v) is 13.1. The Balaban J connectivity index is 1.36. The summed E-state index contributed by atoms with van der Waals surface area (Å²) in [5.74, 6) is -0.164. The molecule has 1 aromatic heterocycles. The normalized spacial score (nSPS) is 20.2. The SMILES string of the molecule is C[C@@]1(CC(=O)O)NCCn2cc(-c3ccc(OCc4ccc(C5CCCCC5)cc4)c(C(F)(F)F)c3)nc21. The lowest BCUT2D eigenvalue weighted by Crippen LogP contribution is -2.48. The smallest absolute Gasteiger partial charge is 0.419 e. The molecule has 0 saturated heterocycles. The molecule has 202 valence electrons. The second-order valence-electron chi connectivity index (χ2n) is 10.5. The van der Waals surface area contributed by atoms with Gasteiger partial charge in [0, 0.05) is 24.8 Å². The van der Waals surface area contributed by atoms with Crippen molar-refractivity contribution in [1.29, 1.82) is 0 Å². The van der Waals surface area contributed by atoms with Gasteiger partial charge in [0.1, 0.15) is 18.2 Å². The van der Waals surface area contributed by atoms with Crippen molar-refractivity contribution in [3.8, 4) is 17.0 Å². The quantitative estimate of drug-likeness (QED) is 0.367. The number of nitrogens with zero attached hydrogens (tertiary/aromatic N) is 2. The monoisotopic (exact) mass is 527 g/mol. The van der Waals surface area contributed by atoms with E-state index in [1.807, 2.05) is 16.7 Å². The lowest BCUT2D eigenvalue weighted by Gasteiger charge is -2.33. The molecular weight excluding hydrogens is 495 g/mol. The van der Waals surface area contributed by atoms with Crippen LogP contribution in [0.5, 0.6) is 5.75 Å². The predicted octanol–water partition coefficient (Wildman–Crippen LogP) is 6.49. The molecule has 1 fully saturated rings. The lowest BCUT2D eigenvalue weighted by atomic mass is 9.84. The van der Waals surface area contributed by atoms with Crippen molar-refractivity contribution >= 4 is 5.97 Å². The summed E-state index contributed by atoms with van der Waals surface area (Å²) in [5, 5.41) is 12.5. The number of carboxylic acids is 1. The zero-order valence-electron chi connectivity index (χ0n) is 21.4. The van der Waals surface area contributed by atoms with Gasteiger partial charge in [-0.25, -0.2) is 4.98 Å². The van der Waals surface area contributed by atoms with Gasteiger partial charge in [-0.2, -0.15) is 13.2 Å². The topological polar surface area (TPSA) is 76.4 Å². The number of aliphatic carboxylic acids is 1. The third-order valence-electron chi connectivity index (χ3n) is 7.67. The Morgan fingerprint density at radius 2 is 1.89 bits per heavy atom. The number of imidazole rings is 1. The maximum atomic E-state index is 14.0. The van der Waals surface area contributed by atoms with Crippen LogP contribution in [0.1, 0.15) is 73.9 Å². The van der Waals surface area contributed by atoms with Gasteiger partial charge in [0.15, 0.2) is 0 Å². The van der Waals surface area contributed by atoms with Crippen LogP contribution in [-0.4, -0.2) is 27.2 Å². The highest BCUT2D eigenvalue weighted by Gasteiger charge is 2.38. The average molecular weight is 528 g/mol. The van der Waals surface area contributed by atoms with Crippen LogP contribution in [0.4, 0.5) is 13.2 Å². The van der Waals surface area contributed by atoms with Gasteiger partial charge in [-0.3, -0.25) is 4.79 Å². The minimum absolute atomic E-state index is 0.0331. The molecule has 0 unspecified atom stereocenters. The minimum Gasteiger partial charge on any atom is -0.488 e. The number of hydrogen-bond acceptors (Lipinski definition) is 4. The molecule has 1 aliphatic heterocycles. The Bertz CT molecular complexity index is 1300. The molecule has 5 rings (SSSR count). The number of fused-ring (bicyclic) bond motifs is 1. The van der Waals surface area contributed by atoms with Crippen molar-refractivity contribution in [2.75, 3.05) is 6.54 Å². The predicted molar refractivity (Wildman–Crippen MR) is 137 cm³/mol. The summed E-state index contributed by atoms with van der Waals surface area (Å²) >= 11 is 0. The molecule has 1 aliphatic carbocycles. The fourth-order valence-electron chi connectivity index (χ4n) is 5.66. The number of carbonyl (C=O) groups is 1. The average Bonchev–Trinajstić information content (AvgIpc) is 3.33. The first-order chi connectivity index (χ1) is 18.1. The molecule has 1 atom stereocenters. The van der Waals surface area contributed by atoms with E-state index in [0.29, 0.717) is 36.1 Å². The molecule has 2 aliphatic rings. The molecule has 3 aromatic rings. The summed E-state index contributed by atoms with van der Waals surface area (Å²) in [6.07, 6.45) is 3.02. The van der Waals surface area contributed by atoms with Crippen molar-refractivity contribution in [3.63, 3.8) is 0 Å². The Morgan fingerprint density at radius 3 is 2.58 bits per heavy atom. The fourth-order valence-corrected chi connectivity index (χ4v) is 5.66. The third kappa shape index (κ3) is 5.57. The maximum absolute atomic E-state index is 14.0. The van der Waals surface area contributed by atoms with Crippen molar-refractivity contribution in [3.05, 3.63) is 71.2 Å². The van der Waals surface area contributed by atoms with Crippen LogP contribution in [0.25, 0.3) is 11.3 Å². The van der Waals surface area contributed by atoms with Gasteiger partial charge in [-0.05, 0) is 55.0 Å². The Kier molecular flexibility index (Phi) is 7.22. The molecule has 0 amide bonds. The van der Waals surface area contributed by atoms with Crippen LogP contribution in [0, 0.1) is 0 Å². The molecular formula is C29H32F3N3O3. The molecule has 2 heterocycles. The fraction of sp³-hybridized carbons (Fsp3) is 0.448. The number of carboxylic acid groups (broad SMARTS) is 1. The van der Waals surface area contributed by atoms with E-state index in [2.05, 4.69) is 22.4 Å². The number of ether oxygens (including phenoxy) is 1. The molecule has 2 N–H and O–H groups in total. The number of alkyl halides is 3. The highest BCUT2D eigenvalue weighted by Crippen LogP contribution is 2.40. The first-order valence-electron chi connectivity index (χ1n) is 13.1. The third-order valence-corrected chi connectivity index (χ3v) is 7.67. The zero-order valence-corrected chi connectivity index (χ0v) is 21.4. The van der Waals surface area contributed by atoms with E-state index in [-0.39, 0.29) is 18.8 Å². The zero-order chi connectivity index (χ0) is 26.9. The van der Waals surface area contributed by atoms with Crippen LogP contribution >= 0.6 is 0 Å². The number of hydrogen-bond donors (Lipinski definition) is 2. The number of benzene rings is 2. The van der Waals surface area contributed by atoms with Crippen LogP contribution in [0.3, 0.4) is 0 Å². The van der Waals surface area contributed by atoms with Crippen LogP contribution in [-0.2, 0) is 29.7 Å². The summed E-state index contributed by atoms with van der Waals surface area (Å²) < 4.78 is 49.6. The number of nitrogens with one attached hydrogen (secondary N) is 1. The van der Waals surface area contributed by atoms with E-state index in [4.69, 9.17) is 4.74 Å². The van der Waals surface area contributed by atoms with Gasteiger partial charge in [0.2, 0.25) is 0 Å². The van der Waals surface area contributed by atoms with E-state index < -0.39 is 23.2 Å². The van der Waals surface area contributed by atoms with Crippen LogP contribution < -0.4 is 10.1 Å². The molecule has 38 heavy (non-hydrogen) atoms. The molecule has 9 heteroatoms. The second kappa shape index (κ2) is 10.4. The van der Waals surface area contributed by atoms with Crippen molar-refractivity contribution in [2.24, 2.45) is 0 Å². The molecule has 1 saturated carbocycles. The van der Waals surface area contributed by atoms with E-state index in [1.165, 1.54) is 43.7 Å². The summed E-state index contributed by atoms with van der Waals surface area (Å²) in [7, 11) is 0. The number of halogens is 3. The van der Waals surface area contributed by atoms with E-state index in [1.54, 1.807) is 19.2 Å². The Labute approximate surface area is 219 Å². The van der Waals surface area contributed by atoms with Gasteiger partial charge >= 0.3 is 12.1 Å². The number of aromatic nitrogens is 2. The first kappa shape index (κ1) is 26.3. The van der Waals surface area contributed by atoms with E-state index >= 15 is 0 Å². The molecule has 2 aromatic carbocycles. The summed E-state index contributed by atoms with van der Waals surface area (Å²) in [6, 6.07) is 11.9. The van der Waals surface area contributed by atoms with Gasteiger partial charge in [-0.1, -0.05) is 43.5 Å². The summed E-state index contributed by atoms with van der Waals surface area (Å²) in [5.41, 5.74) is 0.966. The second-order valence-corrected chi connectivity index (χ2v) is 10.5. The highest BCUT2D eigenvalue weighted by atomic mass is 19.4. The van der Waals surface area contributed by atoms with E-state index in [0.717, 1.165) is 11.6 Å². The van der Waals surface area contributed by atoms with Gasteiger partial charge in [0.25, 0.3) is 0 Å². The van der Waals surface area contributed by atoms with Gasteiger partial charge in [0.05, 0.1) is 23.2 Å². The molecule has 6 nitrogen and oxygen atoms in total. The Morgan fingerprint density at radius 1 is 1.16 bits per heavy atom. The largest absolute Gasteiger partial charge is 0.488 e. The summed E-state index contributed by atoms with van der Waals surface area (Å²) in [4.78, 5) is 15.9. The van der Waals surface area contributed by atoms with Gasteiger partial charge < -0.3 is 19.7 Å². The minimum atomic E-state index is -4.62. The van der Waals surface area contributed by atoms with Crippen molar-refractivity contribution in [1.82, 2.24) is 14.9 Å². The summed E-state index contributed by atoms with van der Waals surface area (Å²) in [6.45, 7) is 2.85. The maximum Gasteiger partial charge on any atom is 0.419 e. The highest BCUT2D eigenvalue weighted by molar-refractivity contribution is 5.69. The molecule has 0 bridgehead atoms. The van der Waals surface area contributed by atoms with Crippen LogP contribution in [0.2, 0.25) is 0 Å².